The highest BCUT2D eigenvalue weighted by Crippen LogP contribution is 2.07. The van der Waals surface area contributed by atoms with Crippen LogP contribution in [-0.2, 0) is 0 Å². The number of nitrogens with one attached hydrogen (secondary N) is 1. The van der Waals surface area contributed by atoms with Gasteiger partial charge in [-0.25, -0.2) is 4.98 Å². The molecule has 0 saturated heterocycles. The second-order valence-corrected chi connectivity index (χ2v) is 4.62. The number of H-pyrrole nitrogens is 1. The predicted octanol–water partition coefficient (Wildman–Crippen LogP) is 2.79. The zero-order valence-corrected chi connectivity index (χ0v) is 9.77. The van der Waals surface area contributed by atoms with Crippen LogP contribution in [-0.4, -0.2) is 15.2 Å². The molecule has 2 aromatic heterocycles. The van der Waals surface area contributed by atoms with E-state index in [4.69, 9.17) is 0 Å². The molecule has 76 valence electrons. The molecule has 1 N–H and O–H groups in total. The summed E-state index contributed by atoms with van der Waals surface area (Å²) in [6.07, 6.45) is 1.89. The van der Waals surface area contributed by atoms with E-state index in [-0.39, 0.29) is 0 Å². The minimum atomic E-state index is 1.05. The Morgan fingerprint density at radius 2 is 1.93 bits per heavy atom. The van der Waals surface area contributed by atoms with E-state index in [1.165, 1.54) is 4.88 Å². The molecule has 0 aromatic carbocycles. The van der Waals surface area contributed by atoms with Crippen LogP contribution in [0.3, 0.4) is 0 Å². The third kappa shape index (κ3) is 3.70. The summed E-state index contributed by atoms with van der Waals surface area (Å²) in [5, 5.41) is 7.86. The van der Waals surface area contributed by atoms with Crippen LogP contribution in [0.4, 0.5) is 0 Å². The normalized spacial score (nSPS) is 9.43. The average Bonchev–Trinajstić information content (AvgIpc) is 2.63. The summed E-state index contributed by atoms with van der Waals surface area (Å²) in [5.74, 6) is 0. The minimum Gasteiger partial charge on any atom is -0.283 e. The quantitative estimate of drug-likeness (QED) is 0.725. The first kappa shape index (κ1) is 10.9. The van der Waals surface area contributed by atoms with E-state index in [2.05, 4.69) is 22.1 Å². The predicted molar refractivity (Wildman–Crippen MR) is 59.6 cm³/mol. The van der Waals surface area contributed by atoms with E-state index >= 15 is 0 Å². The maximum absolute atomic E-state index is 4.03. The maximum Gasteiger partial charge on any atom is 0.0896 e. The number of aromatic amines is 1. The molecule has 0 aliphatic heterocycles. The van der Waals surface area contributed by atoms with Crippen molar-refractivity contribution < 1.29 is 0 Å². The van der Waals surface area contributed by atoms with Gasteiger partial charge in [-0.05, 0) is 33.8 Å². The summed E-state index contributed by atoms with van der Waals surface area (Å²) in [6, 6.07) is 2.00. The topological polar surface area (TPSA) is 41.6 Å². The van der Waals surface area contributed by atoms with Crippen molar-refractivity contribution in [2.24, 2.45) is 0 Å². The van der Waals surface area contributed by atoms with Crippen molar-refractivity contribution in [3.63, 3.8) is 0 Å². The van der Waals surface area contributed by atoms with Crippen molar-refractivity contribution in [1.29, 1.82) is 0 Å². The summed E-state index contributed by atoms with van der Waals surface area (Å²) in [5.41, 5.74) is 2.18. The third-order valence-corrected chi connectivity index (χ3v) is 2.40. The lowest BCUT2D eigenvalue weighted by Gasteiger charge is -1.68. The van der Waals surface area contributed by atoms with E-state index < -0.39 is 0 Å². The number of aromatic nitrogens is 3. The van der Waals surface area contributed by atoms with Crippen LogP contribution < -0.4 is 0 Å². The Labute approximate surface area is 88.2 Å². The number of hydrogen-bond donors (Lipinski definition) is 1. The molecule has 0 radical (unpaired) electrons. The van der Waals surface area contributed by atoms with Gasteiger partial charge in [0.2, 0.25) is 0 Å². The molecule has 0 fully saturated rings. The van der Waals surface area contributed by atoms with Gasteiger partial charge < -0.3 is 0 Å². The summed E-state index contributed by atoms with van der Waals surface area (Å²) in [7, 11) is 0. The van der Waals surface area contributed by atoms with Gasteiger partial charge in [-0.15, -0.1) is 11.3 Å². The standard InChI is InChI=1S/C5H8N2.C5H7NS/c1-4-3-5(2)7-6-4;1-4-3-6-5(2)7-4/h3H,1-2H3,(H,6,7);3H,1-2H3. The monoisotopic (exact) mass is 209 g/mol. The molecule has 14 heavy (non-hydrogen) atoms. The summed E-state index contributed by atoms with van der Waals surface area (Å²) >= 11 is 1.73. The molecule has 4 heteroatoms. The third-order valence-electron chi connectivity index (χ3n) is 1.57. The Kier molecular flexibility index (Phi) is 3.83. The summed E-state index contributed by atoms with van der Waals surface area (Å²) < 4.78 is 0. The van der Waals surface area contributed by atoms with Crippen LogP contribution >= 0.6 is 11.3 Å². The molecule has 0 saturated carbocycles. The highest BCUT2D eigenvalue weighted by molar-refractivity contribution is 7.11. The van der Waals surface area contributed by atoms with Crippen molar-refractivity contribution in [2.75, 3.05) is 0 Å². The molecule has 0 aliphatic rings. The Bertz CT molecular complexity index is 318. The van der Waals surface area contributed by atoms with E-state index in [1.54, 1.807) is 11.3 Å². The van der Waals surface area contributed by atoms with Crippen molar-refractivity contribution in [3.8, 4) is 0 Å². The lowest BCUT2D eigenvalue weighted by Crippen LogP contribution is -1.68. The maximum atomic E-state index is 4.03. The molecule has 0 amide bonds. The van der Waals surface area contributed by atoms with Crippen molar-refractivity contribution in [2.45, 2.75) is 27.7 Å². The molecule has 2 rings (SSSR count). The largest absolute Gasteiger partial charge is 0.283 e. The molecule has 2 heterocycles. The van der Waals surface area contributed by atoms with Gasteiger partial charge in [-0.1, -0.05) is 0 Å². The molecule has 0 unspecified atom stereocenters. The van der Waals surface area contributed by atoms with Crippen LogP contribution in [0.25, 0.3) is 0 Å². The molecule has 0 atom stereocenters. The summed E-state index contributed by atoms with van der Waals surface area (Å²) in [6.45, 7) is 8.02. The highest BCUT2D eigenvalue weighted by Gasteiger charge is 1.86. The molecule has 3 nitrogen and oxygen atoms in total. The fourth-order valence-electron chi connectivity index (χ4n) is 1.02. The number of rotatable bonds is 0. The minimum absolute atomic E-state index is 1.05. The van der Waals surface area contributed by atoms with Gasteiger partial charge in [0, 0.05) is 16.8 Å². The first-order chi connectivity index (χ1) is 6.58. The number of aryl methyl sites for hydroxylation is 4. The lowest BCUT2D eigenvalue weighted by molar-refractivity contribution is 1.02. The van der Waals surface area contributed by atoms with Gasteiger partial charge in [0.25, 0.3) is 0 Å². The first-order valence-electron chi connectivity index (χ1n) is 4.45. The van der Waals surface area contributed by atoms with Crippen LogP contribution in [0.15, 0.2) is 12.3 Å². The van der Waals surface area contributed by atoms with Crippen LogP contribution in [0, 0.1) is 27.7 Å². The molecular weight excluding hydrogens is 194 g/mol. The van der Waals surface area contributed by atoms with Gasteiger partial charge in [-0.2, -0.15) is 5.10 Å². The SMILES string of the molecule is Cc1cc(C)[nH]n1.Cc1cnc(C)s1. The van der Waals surface area contributed by atoms with Crippen molar-refractivity contribution in [1.82, 2.24) is 15.2 Å². The number of hydrogen-bond acceptors (Lipinski definition) is 3. The zero-order chi connectivity index (χ0) is 10.6. The van der Waals surface area contributed by atoms with Crippen LogP contribution in [0.5, 0.6) is 0 Å². The number of thiazole rings is 1. The van der Waals surface area contributed by atoms with E-state index in [9.17, 15) is 0 Å². The molecule has 0 aliphatic carbocycles. The van der Waals surface area contributed by atoms with Crippen molar-refractivity contribution >= 4 is 11.3 Å². The Balaban J connectivity index is 0.000000140. The second kappa shape index (κ2) is 4.91. The number of nitrogens with zero attached hydrogens (tertiary/aromatic N) is 2. The first-order valence-corrected chi connectivity index (χ1v) is 5.27. The van der Waals surface area contributed by atoms with Gasteiger partial charge in [0.15, 0.2) is 0 Å². The van der Waals surface area contributed by atoms with Gasteiger partial charge in [0.05, 0.1) is 10.7 Å². The zero-order valence-electron chi connectivity index (χ0n) is 8.96. The molecule has 0 spiro atoms. The molecule has 2 aromatic rings. The van der Waals surface area contributed by atoms with Gasteiger partial charge in [0.1, 0.15) is 0 Å². The van der Waals surface area contributed by atoms with Crippen LogP contribution in [0.2, 0.25) is 0 Å². The summed E-state index contributed by atoms with van der Waals surface area (Å²) in [4.78, 5) is 5.32. The fraction of sp³-hybridized carbons (Fsp3) is 0.400. The van der Waals surface area contributed by atoms with Gasteiger partial charge >= 0.3 is 0 Å². The lowest BCUT2D eigenvalue weighted by atomic mass is 10.4. The Morgan fingerprint density at radius 3 is 2.07 bits per heavy atom. The van der Waals surface area contributed by atoms with E-state index in [0.29, 0.717) is 0 Å². The Hall–Kier alpha value is -1.16. The average molecular weight is 209 g/mol. The fourth-order valence-corrected chi connectivity index (χ4v) is 1.70. The smallest absolute Gasteiger partial charge is 0.0896 e. The van der Waals surface area contributed by atoms with Crippen LogP contribution in [0.1, 0.15) is 21.3 Å². The highest BCUT2D eigenvalue weighted by atomic mass is 32.1. The Morgan fingerprint density at radius 1 is 1.21 bits per heavy atom. The van der Waals surface area contributed by atoms with E-state index in [1.807, 2.05) is 33.0 Å². The second-order valence-electron chi connectivity index (χ2n) is 3.18. The molecule has 0 bridgehead atoms. The van der Waals surface area contributed by atoms with E-state index in [0.717, 1.165) is 16.4 Å². The van der Waals surface area contributed by atoms with Crippen molar-refractivity contribution in [3.05, 3.63) is 33.5 Å². The molecular formula is C10H15N3S. The van der Waals surface area contributed by atoms with Gasteiger partial charge in [-0.3, -0.25) is 5.10 Å².